The van der Waals surface area contributed by atoms with Gasteiger partial charge >= 0.3 is 0 Å². The molecule has 1 saturated heterocycles. The van der Waals surface area contributed by atoms with Gasteiger partial charge in [-0.05, 0) is 31.7 Å². The van der Waals surface area contributed by atoms with Crippen LogP contribution in [0.2, 0.25) is 0 Å². The Bertz CT molecular complexity index is 450. The van der Waals surface area contributed by atoms with Gasteiger partial charge in [-0.25, -0.2) is 21.1 Å². The normalized spacial score (nSPS) is 20.1. The van der Waals surface area contributed by atoms with E-state index in [9.17, 15) is 16.8 Å². The highest BCUT2D eigenvalue weighted by Crippen LogP contribution is 2.22. The van der Waals surface area contributed by atoms with Gasteiger partial charge in [0.1, 0.15) is 9.84 Å². The van der Waals surface area contributed by atoms with Crippen LogP contribution >= 0.6 is 0 Å². The van der Waals surface area contributed by atoms with Crippen LogP contribution < -0.4 is 5.73 Å². The van der Waals surface area contributed by atoms with Gasteiger partial charge in [-0.1, -0.05) is 0 Å². The van der Waals surface area contributed by atoms with Gasteiger partial charge in [0.15, 0.2) is 0 Å². The van der Waals surface area contributed by atoms with Crippen molar-refractivity contribution >= 4 is 19.9 Å². The van der Waals surface area contributed by atoms with E-state index < -0.39 is 19.9 Å². The zero-order chi connectivity index (χ0) is 13.8. The second-order valence-corrected chi connectivity index (χ2v) is 9.21. The SMILES string of the molecule is CS(=O)(=O)CCS(=O)(=O)N1CCC(CCN)CC1. The minimum absolute atomic E-state index is 0.307. The van der Waals surface area contributed by atoms with Gasteiger partial charge in [0.25, 0.3) is 0 Å². The summed E-state index contributed by atoms with van der Waals surface area (Å²) in [5, 5.41) is 0. The fourth-order valence-electron chi connectivity index (χ4n) is 2.10. The molecule has 0 aliphatic carbocycles. The van der Waals surface area contributed by atoms with Crippen molar-refractivity contribution < 1.29 is 16.8 Å². The van der Waals surface area contributed by atoms with Gasteiger partial charge in [-0.15, -0.1) is 0 Å². The Morgan fingerprint density at radius 1 is 1.11 bits per heavy atom. The Kier molecular flexibility index (Phi) is 5.57. The van der Waals surface area contributed by atoms with Gasteiger partial charge in [0.05, 0.1) is 11.5 Å². The molecule has 1 fully saturated rings. The third-order valence-electron chi connectivity index (χ3n) is 3.25. The maximum atomic E-state index is 11.9. The van der Waals surface area contributed by atoms with Crippen LogP contribution in [-0.4, -0.2) is 58.5 Å². The predicted octanol–water partition coefficient (Wildman–Crippen LogP) is -0.578. The molecule has 0 amide bonds. The van der Waals surface area contributed by atoms with E-state index in [0.29, 0.717) is 25.6 Å². The van der Waals surface area contributed by atoms with Crippen LogP contribution in [0.5, 0.6) is 0 Å². The van der Waals surface area contributed by atoms with Crippen molar-refractivity contribution in [2.45, 2.75) is 19.3 Å². The Labute approximate surface area is 110 Å². The van der Waals surface area contributed by atoms with Crippen LogP contribution in [-0.2, 0) is 19.9 Å². The summed E-state index contributed by atoms with van der Waals surface area (Å²) < 4.78 is 47.3. The lowest BCUT2D eigenvalue weighted by Gasteiger charge is -2.30. The van der Waals surface area contributed by atoms with Crippen molar-refractivity contribution in [2.75, 3.05) is 37.4 Å². The van der Waals surface area contributed by atoms with Crippen LogP contribution in [0.25, 0.3) is 0 Å². The highest BCUT2D eigenvalue weighted by Gasteiger charge is 2.28. The minimum atomic E-state index is -3.43. The molecule has 18 heavy (non-hydrogen) atoms. The quantitative estimate of drug-likeness (QED) is 0.707. The summed E-state index contributed by atoms with van der Waals surface area (Å²) in [4.78, 5) is 0. The molecule has 0 spiro atoms. The average molecular weight is 298 g/mol. The lowest BCUT2D eigenvalue weighted by atomic mass is 9.95. The van der Waals surface area contributed by atoms with E-state index in [2.05, 4.69) is 0 Å². The van der Waals surface area contributed by atoms with E-state index in [1.165, 1.54) is 4.31 Å². The van der Waals surface area contributed by atoms with Crippen molar-refractivity contribution in [1.82, 2.24) is 4.31 Å². The van der Waals surface area contributed by atoms with Crippen molar-refractivity contribution in [3.05, 3.63) is 0 Å². The first kappa shape index (κ1) is 15.9. The molecule has 1 aliphatic rings. The molecule has 2 N–H and O–H groups in total. The van der Waals surface area contributed by atoms with E-state index in [1.807, 2.05) is 0 Å². The number of sulfonamides is 1. The molecule has 0 unspecified atom stereocenters. The number of rotatable bonds is 6. The van der Waals surface area contributed by atoms with Gasteiger partial charge < -0.3 is 5.73 Å². The Morgan fingerprint density at radius 2 is 1.67 bits per heavy atom. The molecule has 1 rings (SSSR count). The van der Waals surface area contributed by atoms with Gasteiger partial charge in [0, 0.05) is 19.3 Å². The smallest absolute Gasteiger partial charge is 0.215 e. The molecule has 0 aromatic rings. The van der Waals surface area contributed by atoms with Crippen LogP contribution in [0.15, 0.2) is 0 Å². The number of nitrogens with two attached hydrogens (primary N) is 1. The predicted molar refractivity (Wildman–Crippen MR) is 71.5 cm³/mol. The molecule has 0 aromatic heterocycles. The summed E-state index contributed by atoms with van der Waals surface area (Å²) in [5.74, 6) is -0.123. The molecular weight excluding hydrogens is 276 g/mol. The molecule has 6 nitrogen and oxygen atoms in total. The third-order valence-corrected chi connectivity index (χ3v) is 6.33. The summed E-state index contributed by atoms with van der Waals surface area (Å²) in [6.07, 6.45) is 3.61. The highest BCUT2D eigenvalue weighted by atomic mass is 32.2. The maximum absolute atomic E-state index is 11.9. The summed E-state index contributed by atoms with van der Waals surface area (Å²) in [5.41, 5.74) is 5.48. The molecular formula is C10H22N2O4S2. The monoisotopic (exact) mass is 298 g/mol. The molecule has 1 aliphatic heterocycles. The maximum Gasteiger partial charge on any atom is 0.215 e. The molecule has 8 heteroatoms. The molecule has 0 bridgehead atoms. The van der Waals surface area contributed by atoms with Crippen LogP contribution in [0.3, 0.4) is 0 Å². The summed E-state index contributed by atoms with van der Waals surface area (Å²) in [6, 6.07) is 0. The van der Waals surface area contributed by atoms with Crippen LogP contribution in [0.1, 0.15) is 19.3 Å². The van der Waals surface area contributed by atoms with Crippen molar-refractivity contribution in [2.24, 2.45) is 11.7 Å². The Morgan fingerprint density at radius 3 is 2.11 bits per heavy atom. The fraction of sp³-hybridized carbons (Fsp3) is 1.00. The number of piperidine rings is 1. The molecule has 0 aromatic carbocycles. The fourth-order valence-corrected chi connectivity index (χ4v) is 5.18. The highest BCUT2D eigenvalue weighted by molar-refractivity contribution is 7.93. The number of nitrogens with zero attached hydrogens (tertiary/aromatic N) is 1. The first-order valence-electron chi connectivity index (χ1n) is 6.10. The summed E-state index contributed by atoms with van der Waals surface area (Å²) in [7, 11) is -6.67. The van der Waals surface area contributed by atoms with Gasteiger partial charge in [0.2, 0.25) is 10.0 Å². The first-order valence-corrected chi connectivity index (χ1v) is 9.77. The number of hydrogen-bond donors (Lipinski definition) is 1. The molecule has 0 atom stereocenters. The number of hydrogen-bond acceptors (Lipinski definition) is 5. The topological polar surface area (TPSA) is 97.5 Å². The van der Waals surface area contributed by atoms with Gasteiger partial charge in [-0.2, -0.15) is 0 Å². The van der Waals surface area contributed by atoms with E-state index in [0.717, 1.165) is 25.5 Å². The average Bonchev–Trinajstić information content (AvgIpc) is 2.27. The van der Waals surface area contributed by atoms with E-state index in [-0.39, 0.29) is 11.5 Å². The second kappa shape index (κ2) is 6.31. The first-order chi connectivity index (χ1) is 8.24. The van der Waals surface area contributed by atoms with Crippen molar-refractivity contribution in [1.29, 1.82) is 0 Å². The zero-order valence-corrected chi connectivity index (χ0v) is 12.3. The van der Waals surface area contributed by atoms with E-state index in [1.54, 1.807) is 0 Å². The van der Waals surface area contributed by atoms with Crippen molar-refractivity contribution in [3.8, 4) is 0 Å². The summed E-state index contributed by atoms with van der Waals surface area (Å²) >= 11 is 0. The minimum Gasteiger partial charge on any atom is -0.330 e. The Hall–Kier alpha value is -0.180. The van der Waals surface area contributed by atoms with Crippen LogP contribution in [0, 0.1) is 5.92 Å². The zero-order valence-electron chi connectivity index (χ0n) is 10.7. The molecule has 0 radical (unpaired) electrons. The molecule has 0 saturated carbocycles. The standard InChI is InChI=1S/C10H22N2O4S2/c1-17(13,14)8-9-18(15,16)12-6-3-10(2-5-11)4-7-12/h10H,2-9,11H2,1H3. The molecule has 108 valence electrons. The summed E-state index contributed by atoms with van der Waals surface area (Å²) in [6.45, 7) is 1.60. The third kappa shape index (κ3) is 5.21. The second-order valence-electron chi connectivity index (χ2n) is 4.87. The largest absolute Gasteiger partial charge is 0.330 e. The van der Waals surface area contributed by atoms with Crippen LogP contribution in [0.4, 0.5) is 0 Å². The van der Waals surface area contributed by atoms with E-state index in [4.69, 9.17) is 5.73 Å². The molecule has 1 heterocycles. The van der Waals surface area contributed by atoms with Gasteiger partial charge in [-0.3, -0.25) is 0 Å². The lowest BCUT2D eigenvalue weighted by Crippen LogP contribution is -2.41. The number of sulfone groups is 1. The van der Waals surface area contributed by atoms with Crippen molar-refractivity contribution in [3.63, 3.8) is 0 Å². The van der Waals surface area contributed by atoms with E-state index >= 15 is 0 Å². The Balaban J connectivity index is 2.50. The lowest BCUT2D eigenvalue weighted by molar-refractivity contribution is 0.266.